The third-order valence-corrected chi connectivity index (χ3v) is 6.65. The molecule has 0 saturated heterocycles. The van der Waals surface area contributed by atoms with E-state index < -0.39 is 0 Å². The van der Waals surface area contributed by atoms with Crippen LogP contribution in [0.25, 0.3) is 21.9 Å². The van der Waals surface area contributed by atoms with E-state index in [4.69, 9.17) is 0 Å². The topological polar surface area (TPSA) is 61.4 Å². The largest absolute Gasteiger partial charge is 0.378 e. The molecule has 5 rings (SSSR count). The maximum absolute atomic E-state index is 12.6. The van der Waals surface area contributed by atoms with Crippen molar-refractivity contribution >= 4 is 39.6 Å². The maximum atomic E-state index is 12.6. The van der Waals surface area contributed by atoms with E-state index in [0.29, 0.717) is 0 Å². The normalized spacial score (nSPS) is 17.1. The Morgan fingerprint density at radius 3 is 2.40 bits per heavy atom. The first kappa shape index (κ1) is 22.7. The number of fused-ring (bicyclic) bond motifs is 2. The molecule has 1 heterocycles. The second kappa shape index (κ2) is 9.26. The lowest BCUT2D eigenvalue weighted by Gasteiger charge is -2.40. The van der Waals surface area contributed by atoms with E-state index in [0.717, 1.165) is 40.2 Å². The minimum absolute atomic E-state index is 0.0416. The van der Waals surface area contributed by atoms with Crippen LogP contribution in [0.5, 0.6) is 0 Å². The number of nitrogens with one attached hydrogen (secondary N) is 2. The Labute approximate surface area is 205 Å². The Morgan fingerprint density at radius 2 is 1.60 bits per heavy atom. The number of nitrogens with zero attached hydrogens (tertiary/aromatic N) is 1. The van der Waals surface area contributed by atoms with Crippen molar-refractivity contribution in [2.45, 2.75) is 39.3 Å². The van der Waals surface area contributed by atoms with Gasteiger partial charge >= 0.3 is 0 Å². The van der Waals surface area contributed by atoms with Crippen LogP contribution in [0, 0.1) is 0 Å². The van der Waals surface area contributed by atoms with Gasteiger partial charge in [0.2, 0.25) is 11.8 Å². The summed E-state index contributed by atoms with van der Waals surface area (Å²) in [7, 11) is 0. The van der Waals surface area contributed by atoms with Gasteiger partial charge in [0.05, 0.1) is 6.04 Å². The molecule has 1 aliphatic rings. The summed E-state index contributed by atoms with van der Waals surface area (Å²) in [5, 5.41) is 9.02. The van der Waals surface area contributed by atoms with E-state index >= 15 is 0 Å². The zero-order valence-electron chi connectivity index (χ0n) is 20.2. The lowest BCUT2D eigenvalue weighted by molar-refractivity contribution is -0.117. The van der Waals surface area contributed by atoms with Crippen molar-refractivity contribution in [3.05, 3.63) is 90.5 Å². The molecule has 5 nitrogen and oxygen atoms in total. The second-order valence-electron chi connectivity index (χ2n) is 9.23. The number of carbonyl (C=O) groups excluding carboxylic acids is 2. The van der Waals surface area contributed by atoms with Gasteiger partial charge in [0.1, 0.15) is 0 Å². The van der Waals surface area contributed by atoms with E-state index in [1.54, 1.807) is 6.92 Å². The molecule has 0 aliphatic carbocycles. The predicted molar refractivity (Wildman–Crippen MR) is 144 cm³/mol. The van der Waals surface area contributed by atoms with Crippen LogP contribution in [0.3, 0.4) is 0 Å². The maximum Gasteiger partial charge on any atom is 0.224 e. The van der Waals surface area contributed by atoms with Gasteiger partial charge in [0.15, 0.2) is 0 Å². The molecule has 5 heteroatoms. The van der Waals surface area contributed by atoms with Gasteiger partial charge in [-0.3, -0.25) is 9.59 Å². The smallest absolute Gasteiger partial charge is 0.224 e. The number of hydrogen-bond donors (Lipinski definition) is 2. The molecular weight excluding hydrogens is 434 g/mol. The summed E-state index contributed by atoms with van der Waals surface area (Å²) >= 11 is 0. The Kier molecular flexibility index (Phi) is 6.00. The third kappa shape index (κ3) is 4.50. The Balaban J connectivity index is 1.59. The third-order valence-electron chi connectivity index (χ3n) is 6.65. The Hall–Kier alpha value is -4.12. The highest BCUT2D eigenvalue weighted by Gasteiger charge is 2.32. The first-order chi connectivity index (χ1) is 16.9. The lowest BCUT2D eigenvalue weighted by Crippen LogP contribution is -2.43. The molecule has 0 radical (unpaired) electrons. The monoisotopic (exact) mass is 463 g/mol. The molecule has 4 aromatic rings. The number of anilines is 3. The number of amides is 2. The fourth-order valence-electron chi connectivity index (χ4n) is 5.18. The molecule has 35 heavy (non-hydrogen) atoms. The summed E-state index contributed by atoms with van der Waals surface area (Å²) in [4.78, 5) is 26.0. The van der Waals surface area contributed by atoms with Crippen LogP contribution in [-0.4, -0.2) is 17.9 Å². The number of carbonyl (C=O) groups is 2. The highest BCUT2D eigenvalue weighted by atomic mass is 16.2. The quantitative estimate of drug-likeness (QED) is 0.351. The van der Waals surface area contributed by atoms with Crippen LogP contribution < -0.4 is 15.5 Å². The van der Waals surface area contributed by atoms with Crippen molar-refractivity contribution in [3.8, 4) is 11.1 Å². The van der Waals surface area contributed by atoms with Crippen molar-refractivity contribution in [1.29, 1.82) is 0 Å². The fourth-order valence-corrected chi connectivity index (χ4v) is 5.18. The standard InChI is InChI=1S/C30H29N3O2/c1-19-16-29(32-28-13-7-9-22-8-4-5-12-26(22)28)27-18-24(14-15-30(27)33(19)21(3)35)23-10-6-11-25(17-23)31-20(2)34/h4-15,17-19,29,32H,16H2,1-3H3,(H,31,34). The molecule has 0 aromatic heterocycles. The van der Waals surface area contributed by atoms with E-state index in [-0.39, 0.29) is 23.9 Å². The molecule has 2 amide bonds. The van der Waals surface area contributed by atoms with E-state index in [1.165, 1.54) is 17.7 Å². The summed E-state index contributed by atoms with van der Waals surface area (Å²) in [5.74, 6) is -0.0548. The average molecular weight is 464 g/mol. The molecule has 1 aliphatic heterocycles. The molecule has 2 atom stereocenters. The Morgan fingerprint density at radius 1 is 0.857 bits per heavy atom. The fraction of sp³-hybridized carbons (Fsp3) is 0.200. The van der Waals surface area contributed by atoms with Crippen LogP contribution in [-0.2, 0) is 9.59 Å². The first-order valence-electron chi connectivity index (χ1n) is 12.0. The molecule has 2 unspecified atom stereocenters. The highest BCUT2D eigenvalue weighted by molar-refractivity contribution is 5.96. The van der Waals surface area contributed by atoms with Crippen LogP contribution in [0.1, 0.15) is 38.8 Å². The van der Waals surface area contributed by atoms with E-state index in [1.807, 2.05) is 35.2 Å². The van der Waals surface area contributed by atoms with Crippen molar-refractivity contribution in [2.24, 2.45) is 0 Å². The summed E-state index contributed by atoms with van der Waals surface area (Å²) in [6.45, 7) is 5.24. The summed E-state index contributed by atoms with van der Waals surface area (Å²) in [5.41, 5.74) is 5.93. The first-order valence-corrected chi connectivity index (χ1v) is 12.0. The molecule has 0 fully saturated rings. The SMILES string of the molecule is CC(=O)Nc1cccc(-c2ccc3c(c2)C(Nc2cccc4ccccc24)CC(C)N3C(C)=O)c1. The van der Waals surface area contributed by atoms with Crippen molar-refractivity contribution < 1.29 is 9.59 Å². The molecule has 2 N–H and O–H groups in total. The zero-order chi connectivity index (χ0) is 24.5. The molecule has 176 valence electrons. The predicted octanol–water partition coefficient (Wildman–Crippen LogP) is 6.76. The van der Waals surface area contributed by atoms with E-state index in [2.05, 4.69) is 72.2 Å². The van der Waals surface area contributed by atoms with Gasteiger partial charge < -0.3 is 15.5 Å². The van der Waals surface area contributed by atoms with Gasteiger partial charge in [-0.25, -0.2) is 0 Å². The van der Waals surface area contributed by atoms with Gasteiger partial charge in [-0.05, 0) is 65.8 Å². The number of hydrogen-bond acceptors (Lipinski definition) is 3. The van der Waals surface area contributed by atoms with Crippen LogP contribution >= 0.6 is 0 Å². The summed E-state index contributed by atoms with van der Waals surface area (Å²) in [6.07, 6.45) is 0.797. The molecule has 0 bridgehead atoms. The number of benzene rings is 4. The highest BCUT2D eigenvalue weighted by Crippen LogP contribution is 2.42. The summed E-state index contributed by atoms with van der Waals surface area (Å²) in [6, 6.07) is 28.9. The molecule has 0 saturated carbocycles. The molecule has 0 spiro atoms. The van der Waals surface area contributed by atoms with Gasteiger partial charge in [-0.1, -0.05) is 54.6 Å². The average Bonchev–Trinajstić information content (AvgIpc) is 2.83. The molecule has 4 aromatic carbocycles. The van der Waals surface area contributed by atoms with Gasteiger partial charge in [-0.15, -0.1) is 0 Å². The van der Waals surface area contributed by atoms with Gasteiger partial charge in [0.25, 0.3) is 0 Å². The lowest BCUT2D eigenvalue weighted by atomic mass is 9.88. The van der Waals surface area contributed by atoms with Crippen molar-refractivity contribution in [3.63, 3.8) is 0 Å². The van der Waals surface area contributed by atoms with Crippen LogP contribution in [0.2, 0.25) is 0 Å². The van der Waals surface area contributed by atoms with Crippen LogP contribution in [0.4, 0.5) is 17.1 Å². The molecular formula is C30H29N3O2. The van der Waals surface area contributed by atoms with E-state index in [9.17, 15) is 9.59 Å². The minimum atomic E-state index is -0.0990. The number of rotatable bonds is 4. The zero-order valence-corrected chi connectivity index (χ0v) is 20.2. The second-order valence-corrected chi connectivity index (χ2v) is 9.23. The van der Waals surface area contributed by atoms with Crippen molar-refractivity contribution in [2.75, 3.05) is 15.5 Å². The van der Waals surface area contributed by atoms with Crippen LogP contribution in [0.15, 0.2) is 84.9 Å². The van der Waals surface area contributed by atoms with Gasteiger partial charge in [0, 0.05) is 42.3 Å². The Bertz CT molecular complexity index is 1420. The van der Waals surface area contributed by atoms with Gasteiger partial charge in [-0.2, -0.15) is 0 Å². The minimum Gasteiger partial charge on any atom is -0.378 e. The summed E-state index contributed by atoms with van der Waals surface area (Å²) < 4.78 is 0. The van der Waals surface area contributed by atoms with Crippen molar-refractivity contribution in [1.82, 2.24) is 0 Å².